The van der Waals surface area contributed by atoms with Gasteiger partial charge in [0.25, 0.3) is 0 Å². The fourth-order valence-electron chi connectivity index (χ4n) is 3.05. The number of amides is 1. The largest absolute Gasteiger partial charge is 0.347 e. The maximum Gasteiger partial charge on any atom is 0.224 e. The smallest absolute Gasteiger partial charge is 0.224 e. The highest BCUT2D eigenvalue weighted by molar-refractivity contribution is 7.94. The zero-order valence-electron chi connectivity index (χ0n) is 13.9. The second kappa shape index (κ2) is 6.43. The Morgan fingerprint density at radius 3 is 2.79 bits per heavy atom. The molecule has 6 heteroatoms. The molecule has 1 amide bonds. The van der Waals surface area contributed by atoms with Crippen LogP contribution in [0.3, 0.4) is 0 Å². The lowest BCUT2D eigenvalue weighted by Crippen LogP contribution is -2.17. The molecule has 1 atom stereocenters. The van der Waals surface area contributed by atoms with Crippen LogP contribution >= 0.6 is 0 Å². The highest BCUT2D eigenvalue weighted by atomic mass is 32.2. The number of benzene rings is 1. The number of aromatic nitrogens is 1. The van der Waals surface area contributed by atoms with E-state index in [0.29, 0.717) is 5.92 Å². The molecule has 3 rings (SSSR count). The number of hydrogen-bond donors (Lipinski definition) is 1. The Morgan fingerprint density at radius 1 is 1.33 bits per heavy atom. The Labute approximate surface area is 142 Å². The number of nitrogens with one attached hydrogen (secondary N) is 1. The first-order valence-electron chi connectivity index (χ1n) is 8.12. The van der Waals surface area contributed by atoms with Crippen LogP contribution in [0.2, 0.25) is 0 Å². The zero-order valence-corrected chi connectivity index (χ0v) is 14.7. The van der Waals surface area contributed by atoms with Crippen LogP contribution < -0.4 is 5.32 Å². The van der Waals surface area contributed by atoms with Crippen molar-refractivity contribution in [3.63, 3.8) is 0 Å². The standard InChI is InChI=1S/C18H22N2O3S/c1-13(2)11-20-7-5-15-10-16(3-4-17(15)20)19-18(21)9-14-6-8-24(22,23)12-14/h3-8,10,13-14H,9,11-12H2,1-2H3,(H,19,21). The van der Waals surface area contributed by atoms with Gasteiger partial charge in [-0.05, 0) is 30.2 Å². The van der Waals surface area contributed by atoms with Crippen molar-refractivity contribution in [3.05, 3.63) is 41.9 Å². The Bertz CT molecular complexity index is 894. The summed E-state index contributed by atoms with van der Waals surface area (Å²) < 4.78 is 25.0. The molecule has 0 saturated heterocycles. The van der Waals surface area contributed by atoms with E-state index in [2.05, 4.69) is 29.9 Å². The van der Waals surface area contributed by atoms with Gasteiger partial charge in [0.05, 0.1) is 5.75 Å². The predicted molar refractivity (Wildman–Crippen MR) is 96.4 cm³/mol. The molecule has 0 bridgehead atoms. The van der Waals surface area contributed by atoms with Crippen LogP contribution in [0.15, 0.2) is 41.9 Å². The third-order valence-electron chi connectivity index (χ3n) is 4.07. The number of carbonyl (C=O) groups excluding carboxylic acids is 1. The molecular formula is C18H22N2O3S. The lowest BCUT2D eigenvalue weighted by Gasteiger charge is -2.10. The van der Waals surface area contributed by atoms with Gasteiger partial charge in [-0.1, -0.05) is 19.9 Å². The molecular weight excluding hydrogens is 324 g/mol. The van der Waals surface area contributed by atoms with E-state index in [1.807, 2.05) is 24.3 Å². The maximum atomic E-state index is 12.1. The zero-order chi connectivity index (χ0) is 17.3. The molecule has 1 aromatic heterocycles. The third kappa shape index (κ3) is 3.87. The second-order valence-electron chi connectivity index (χ2n) is 6.81. The average Bonchev–Trinajstić information content (AvgIpc) is 3.01. The first-order chi connectivity index (χ1) is 11.3. The van der Waals surface area contributed by atoms with Gasteiger partial charge in [0, 0.05) is 47.1 Å². The molecule has 24 heavy (non-hydrogen) atoms. The van der Waals surface area contributed by atoms with Crippen molar-refractivity contribution in [2.45, 2.75) is 26.8 Å². The summed E-state index contributed by atoms with van der Waals surface area (Å²) in [5, 5.41) is 5.14. The summed E-state index contributed by atoms with van der Waals surface area (Å²) in [6.45, 7) is 5.31. The summed E-state index contributed by atoms with van der Waals surface area (Å²) in [5.41, 5.74) is 1.88. The molecule has 1 unspecified atom stereocenters. The number of fused-ring (bicyclic) bond motifs is 1. The normalized spacial score (nSPS) is 19.2. The Morgan fingerprint density at radius 2 is 2.12 bits per heavy atom. The lowest BCUT2D eigenvalue weighted by molar-refractivity contribution is -0.116. The molecule has 5 nitrogen and oxygen atoms in total. The van der Waals surface area contributed by atoms with Gasteiger partial charge in [0.15, 0.2) is 9.84 Å². The molecule has 0 spiro atoms. The molecule has 0 aliphatic carbocycles. The fraction of sp³-hybridized carbons (Fsp3) is 0.389. The van der Waals surface area contributed by atoms with Crippen molar-refractivity contribution in [2.24, 2.45) is 11.8 Å². The van der Waals surface area contributed by atoms with Crippen molar-refractivity contribution in [1.29, 1.82) is 0 Å². The summed E-state index contributed by atoms with van der Waals surface area (Å²) in [6.07, 6.45) is 3.84. The molecule has 128 valence electrons. The van der Waals surface area contributed by atoms with E-state index < -0.39 is 9.84 Å². The molecule has 2 aromatic rings. The van der Waals surface area contributed by atoms with Crippen molar-refractivity contribution in [3.8, 4) is 0 Å². The predicted octanol–water partition coefficient (Wildman–Crippen LogP) is 3.18. The van der Waals surface area contributed by atoms with E-state index in [0.717, 1.165) is 23.1 Å². The highest BCUT2D eigenvalue weighted by Gasteiger charge is 2.23. The first kappa shape index (κ1) is 16.8. The average molecular weight is 346 g/mol. The van der Waals surface area contributed by atoms with Crippen molar-refractivity contribution in [1.82, 2.24) is 4.57 Å². The molecule has 0 radical (unpaired) electrons. The quantitative estimate of drug-likeness (QED) is 0.904. The van der Waals surface area contributed by atoms with E-state index in [9.17, 15) is 13.2 Å². The minimum Gasteiger partial charge on any atom is -0.347 e. The minimum absolute atomic E-state index is 0.0253. The van der Waals surface area contributed by atoms with Crippen molar-refractivity contribution in [2.75, 3.05) is 11.1 Å². The molecule has 2 heterocycles. The molecule has 0 fully saturated rings. The summed E-state index contributed by atoms with van der Waals surface area (Å²) in [7, 11) is -3.11. The molecule has 0 saturated carbocycles. The number of carbonyl (C=O) groups is 1. The van der Waals surface area contributed by atoms with E-state index in [4.69, 9.17) is 0 Å². The SMILES string of the molecule is CC(C)Cn1ccc2cc(NC(=O)CC3C=CS(=O)(=O)C3)ccc21. The van der Waals surface area contributed by atoms with E-state index in [1.165, 1.54) is 5.41 Å². The van der Waals surface area contributed by atoms with Gasteiger partial charge in [-0.2, -0.15) is 0 Å². The lowest BCUT2D eigenvalue weighted by atomic mass is 10.1. The van der Waals surface area contributed by atoms with Gasteiger partial charge in [-0.3, -0.25) is 4.79 Å². The fourth-order valence-corrected chi connectivity index (χ4v) is 4.45. The number of anilines is 1. The Balaban J connectivity index is 1.67. The van der Waals surface area contributed by atoms with Crippen LogP contribution in [0.1, 0.15) is 20.3 Å². The highest BCUT2D eigenvalue weighted by Crippen LogP contribution is 2.23. The van der Waals surface area contributed by atoms with Crippen LogP contribution in [0.25, 0.3) is 10.9 Å². The molecule has 1 N–H and O–H groups in total. The van der Waals surface area contributed by atoms with Crippen LogP contribution in [0.5, 0.6) is 0 Å². The Hall–Kier alpha value is -2.08. The van der Waals surface area contributed by atoms with Crippen molar-refractivity contribution < 1.29 is 13.2 Å². The van der Waals surface area contributed by atoms with E-state index >= 15 is 0 Å². The first-order valence-corrected chi connectivity index (χ1v) is 9.83. The number of allylic oxidation sites excluding steroid dienone is 1. The summed E-state index contributed by atoms with van der Waals surface area (Å²) in [4.78, 5) is 12.1. The van der Waals surface area contributed by atoms with Gasteiger partial charge < -0.3 is 9.88 Å². The van der Waals surface area contributed by atoms with E-state index in [1.54, 1.807) is 6.08 Å². The van der Waals surface area contributed by atoms with E-state index in [-0.39, 0.29) is 24.0 Å². The maximum absolute atomic E-state index is 12.1. The van der Waals surface area contributed by atoms with Crippen LogP contribution in [0.4, 0.5) is 5.69 Å². The topological polar surface area (TPSA) is 68.2 Å². The number of rotatable bonds is 5. The monoisotopic (exact) mass is 346 g/mol. The van der Waals surface area contributed by atoms with Crippen LogP contribution in [-0.2, 0) is 21.2 Å². The number of nitrogens with zero attached hydrogens (tertiary/aromatic N) is 1. The van der Waals surface area contributed by atoms with Gasteiger partial charge in [0.1, 0.15) is 0 Å². The minimum atomic E-state index is -3.11. The molecule has 1 aliphatic heterocycles. The van der Waals surface area contributed by atoms with Crippen molar-refractivity contribution >= 4 is 32.3 Å². The number of sulfone groups is 1. The van der Waals surface area contributed by atoms with Gasteiger partial charge in [-0.15, -0.1) is 0 Å². The van der Waals surface area contributed by atoms with Gasteiger partial charge in [0.2, 0.25) is 5.91 Å². The van der Waals surface area contributed by atoms with Gasteiger partial charge >= 0.3 is 0 Å². The summed E-state index contributed by atoms with van der Waals surface area (Å²) in [5.74, 6) is 0.196. The Kier molecular flexibility index (Phi) is 4.49. The molecule has 1 aliphatic rings. The van der Waals surface area contributed by atoms with Crippen LogP contribution in [0, 0.1) is 11.8 Å². The van der Waals surface area contributed by atoms with Crippen LogP contribution in [-0.4, -0.2) is 24.6 Å². The summed E-state index contributed by atoms with van der Waals surface area (Å²) >= 11 is 0. The third-order valence-corrected chi connectivity index (χ3v) is 5.53. The molecule has 1 aromatic carbocycles. The number of hydrogen-bond acceptors (Lipinski definition) is 3. The second-order valence-corrected chi connectivity index (χ2v) is 8.74. The summed E-state index contributed by atoms with van der Waals surface area (Å²) in [6, 6.07) is 7.89. The van der Waals surface area contributed by atoms with Gasteiger partial charge in [-0.25, -0.2) is 8.42 Å².